The molecule has 0 aromatic rings. The number of carboxylic acid groups (broad SMARTS) is 1. The molecule has 0 heterocycles. The summed E-state index contributed by atoms with van der Waals surface area (Å²) in [6, 6.07) is -0.922. The quantitative estimate of drug-likeness (QED) is 0.573. The Hall–Kier alpha value is -1.10. The molecule has 0 saturated heterocycles. The van der Waals surface area contributed by atoms with Crippen LogP contribution in [0.15, 0.2) is 0 Å². The highest BCUT2D eigenvalue weighted by atomic mass is 16.4. The number of rotatable bonds is 10. The summed E-state index contributed by atoms with van der Waals surface area (Å²) in [5.41, 5.74) is 5.79. The van der Waals surface area contributed by atoms with Crippen molar-refractivity contribution in [3.63, 3.8) is 0 Å². The van der Waals surface area contributed by atoms with Crippen molar-refractivity contribution in [3.8, 4) is 0 Å². The normalized spacial score (nSPS) is 15.7. The molecule has 20 heavy (non-hydrogen) atoms. The molecule has 1 unspecified atom stereocenters. The summed E-state index contributed by atoms with van der Waals surface area (Å²) in [6.07, 6.45) is 3.94. The second-order valence-corrected chi connectivity index (χ2v) is 6.06. The molecule has 0 saturated carbocycles. The SMILES string of the molecule is CCCCC(C)C[C@@H](CC(=O)O)NC(=O)[C@@H](N)C(C)C. The number of hydrogen-bond acceptors (Lipinski definition) is 3. The van der Waals surface area contributed by atoms with Gasteiger partial charge < -0.3 is 16.2 Å². The van der Waals surface area contributed by atoms with E-state index in [1.54, 1.807) is 0 Å². The van der Waals surface area contributed by atoms with Crippen LogP contribution < -0.4 is 11.1 Å². The number of unbranched alkanes of at least 4 members (excludes halogenated alkanes) is 1. The van der Waals surface area contributed by atoms with Gasteiger partial charge in [-0.1, -0.05) is 47.0 Å². The van der Waals surface area contributed by atoms with E-state index in [2.05, 4.69) is 19.2 Å². The first-order chi connectivity index (χ1) is 9.27. The molecule has 0 aromatic carbocycles. The standard InChI is InChI=1S/C15H30N2O3/c1-5-6-7-11(4)8-12(9-13(18)19)17-15(20)14(16)10(2)3/h10-12,14H,5-9,16H2,1-4H3,(H,17,20)(H,18,19)/t11?,12-,14-/m0/s1. The number of aliphatic carboxylic acids is 1. The molecule has 5 nitrogen and oxygen atoms in total. The van der Waals surface area contributed by atoms with E-state index in [4.69, 9.17) is 10.8 Å². The highest BCUT2D eigenvalue weighted by molar-refractivity contribution is 5.82. The van der Waals surface area contributed by atoms with Crippen LogP contribution in [0.4, 0.5) is 0 Å². The maximum atomic E-state index is 11.9. The van der Waals surface area contributed by atoms with Gasteiger partial charge in [-0.25, -0.2) is 0 Å². The topological polar surface area (TPSA) is 92.4 Å². The Morgan fingerprint density at radius 1 is 1.25 bits per heavy atom. The van der Waals surface area contributed by atoms with Gasteiger partial charge >= 0.3 is 5.97 Å². The van der Waals surface area contributed by atoms with Crippen molar-refractivity contribution in [1.82, 2.24) is 5.32 Å². The largest absolute Gasteiger partial charge is 0.481 e. The summed E-state index contributed by atoms with van der Waals surface area (Å²) in [5.74, 6) is -0.710. The van der Waals surface area contributed by atoms with Gasteiger partial charge in [-0.05, 0) is 18.3 Å². The number of nitrogens with one attached hydrogen (secondary N) is 1. The fraction of sp³-hybridized carbons (Fsp3) is 0.867. The van der Waals surface area contributed by atoms with Crippen LogP contribution >= 0.6 is 0 Å². The lowest BCUT2D eigenvalue weighted by atomic mass is 9.94. The van der Waals surface area contributed by atoms with Crippen LogP contribution in [0.2, 0.25) is 0 Å². The average molecular weight is 286 g/mol. The predicted octanol–water partition coefficient (Wildman–Crippen LogP) is 2.15. The Morgan fingerprint density at radius 3 is 2.30 bits per heavy atom. The average Bonchev–Trinajstić information content (AvgIpc) is 2.34. The Labute approximate surface area is 122 Å². The maximum Gasteiger partial charge on any atom is 0.305 e. The summed E-state index contributed by atoms with van der Waals surface area (Å²) in [6.45, 7) is 7.98. The lowest BCUT2D eigenvalue weighted by molar-refractivity contribution is -0.137. The zero-order valence-corrected chi connectivity index (χ0v) is 13.2. The minimum absolute atomic E-state index is 0.0398. The van der Waals surface area contributed by atoms with E-state index in [0.717, 1.165) is 19.3 Å². The monoisotopic (exact) mass is 286 g/mol. The van der Waals surface area contributed by atoms with Gasteiger partial charge in [0.25, 0.3) is 0 Å². The molecule has 0 aliphatic rings. The zero-order chi connectivity index (χ0) is 15.7. The second kappa shape index (κ2) is 9.75. The predicted molar refractivity (Wildman–Crippen MR) is 80.3 cm³/mol. The Balaban J connectivity index is 4.48. The highest BCUT2D eigenvalue weighted by Crippen LogP contribution is 2.16. The fourth-order valence-corrected chi connectivity index (χ4v) is 2.16. The van der Waals surface area contributed by atoms with Crippen molar-refractivity contribution in [2.75, 3.05) is 0 Å². The Morgan fingerprint density at radius 2 is 1.85 bits per heavy atom. The molecule has 0 bridgehead atoms. The Kier molecular flexibility index (Phi) is 9.21. The molecular formula is C15H30N2O3. The molecule has 3 atom stereocenters. The number of nitrogens with two attached hydrogens (primary N) is 1. The van der Waals surface area contributed by atoms with Gasteiger partial charge in [-0.2, -0.15) is 0 Å². The summed E-state index contributed by atoms with van der Waals surface area (Å²) in [7, 11) is 0. The van der Waals surface area contributed by atoms with Gasteiger partial charge in [0.1, 0.15) is 0 Å². The van der Waals surface area contributed by atoms with E-state index >= 15 is 0 Å². The van der Waals surface area contributed by atoms with Gasteiger partial charge in [0.2, 0.25) is 5.91 Å². The first kappa shape index (κ1) is 18.9. The van der Waals surface area contributed by atoms with Crippen molar-refractivity contribution >= 4 is 11.9 Å². The lowest BCUT2D eigenvalue weighted by Crippen LogP contribution is -2.48. The molecule has 5 heteroatoms. The fourth-order valence-electron chi connectivity index (χ4n) is 2.16. The zero-order valence-electron chi connectivity index (χ0n) is 13.2. The van der Waals surface area contributed by atoms with E-state index in [9.17, 15) is 9.59 Å². The number of carbonyl (C=O) groups is 2. The molecule has 0 aliphatic carbocycles. The van der Waals surface area contributed by atoms with Crippen molar-refractivity contribution < 1.29 is 14.7 Å². The molecule has 0 spiro atoms. The molecule has 0 radical (unpaired) electrons. The molecular weight excluding hydrogens is 256 g/mol. The van der Waals surface area contributed by atoms with E-state index in [1.807, 2.05) is 13.8 Å². The van der Waals surface area contributed by atoms with E-state index in [0.29, 0.717) is 12.3 Å². The molecule has 0 aromatic heterocycles. The number of hydrogen-bond donors (Lipinski definition) is 3. The van der Waals surface area contributed by atoms with Crippen LogP contribution in [0, 0.1) is 11.8 Å². The molecule has 1 amide bonds. The molecule has 0 aliphatic heterocycles. The lowest BCUT2D eigenvalue weighted by Gasteiger charge is -2.24. The summed E-state index contributed by atoms with van der Waals surface area (Å²) in [5, 5.41) is 11.7. The minimum atomic E-state index is -0.892. The summed E-state index contributed by atoms with van der Waals surface area (Å²) in [4.78, 5) is 22.9. The molecule has 0 rings (SSSR count). The Bertz CT molecular complexity index is 305. The molecule has 118 valence electrons. The van der Waals surface area contributed by atoms with Crippen LogP contribution in [-0.4, -0.2) is 29.1 Å². The third kappa shape index (κ3) is 8.15. The van der Waals surface area contributed by atoms with Crippen molar-refractivity contribution in [1.29, 1.82) is 0 Å². The minimum Gasteiger partial charge on any atom is -0.481 e. The number of carbonyl (C=O) groups excluding carboxylic acids is 1. The third-order valence-electron chi connectivity index (χ3n) is 3.53. The van der Waals surface area contributed by atoms with E-state index in [1.165, 1.54) is 0 Å². The van der Waals surface area contributed by atoms with Crippen molar-refractivity contribution in [3.05, 3.63) is 0 Å². The van der Waals surface area contributed by atoms with Gasteiger partial charge in [-0.15, -0.1) is 0 Å². The molecule has 0 fully saturated rings. The van der Waals surface area contributed by atoms with Gasteiger partial charge in [0, 0.05) is 6.04 Å². The third-order valence-corrected chi connectivity index (χ3v) is 3.53. The van der Waals surface area contributed by atoms with Gasteiger partial charge in [0.15, 0.2) is 0 Å². The van der Waals surface area contributed by atoms with Gasteiger partial charge in [-0.3, -0.25) is 9.59 Å². The van der Waals surface area contributed by atoms with Crippen LogP contribution in [-0.2, 0) is 9.59 Å². The smallest absolute Gasteiger partial charge is 0.305 e. The van der Waals surface area contributed by atoms with Crippen LogP contribution in [0.3, 0.4) is 0 Å². The second-order valence-electron chi connectivity index (χ2n) is 6.06. The van der Waals surface area contributed by atoms with Gasteiger partial charge in [0.05, 0.1) is 12.5 Å². The van der Waals surface area contributed by atoms with Crippen molar-refractivity contribution in [2.24, 2.45) is 17.6 Å². The van der Waals surface area contributed by atoms with E-state index in [-0.39, 0.29) is 24.3 Å². The van der Waals surface area contributed by atoms with Crippen molar-refractivity contribution in [2.45, 2.75) is 71.9 Å². The summed E-state index contributed by atoms with van der Waals surface area (Å²) < 4.78 is 0. The maximum absolute atomic E-state index is 11.9. The van der Waals surface area contributed by atoms with Crippen LogP contribution in [0.5, 0.6) is 0 Å². The number of carboxylic acids is 1. The number of amides is 1. The molecule has 4 N–H and O–H groups in total. The van der Waals surface area contributed by atoms with Crippen LogP contribution in [0.25, 0.3) is 0 Å². The van der Waals surface area contributed by atoms with E-state index < -0.39 is 12.0 Å². The van der Waals surface area contributed by atoms with Crippen LogP contribution in [0.1, 0.15) is 59.8 Å². The summed E-state index contributed by atoms with van der Waals surface area (Å²) >= 11 is 0. The highest BCUT2D eigenvalue weighted by Gasteiger charge is 2.23. The first-order valence-corrected chi connectivity index (χ1v) is 7.55. The first-order valence-electron chi connectivity index (χ1n) is 7.55.